The number of hydrogen-bond acceptors (Lipinski definition) is 2. The van der Waals surface area contributed by atoms with Gasteiger partial charge in [-0.15, -0.1) is 0 Å². The fourth-order valence-electron chi connectivity index (χ4n) is 1.27. The van der Waals surface area contributed by atoms with Gasteiger partial charge in [-0.05, 0) is 51.0 Å². The van der Waals surface area contributed by atoms with Gasteiger partial charge < -0.3 is 10.4 Å². The molecule has 0 unspecified atom stereocenters. The van der Waals surface area contributed by atoms with Crippen molar-refractivity contribution in [2.24, 2.45) is 0 Å². The van der Waals surface area contributed by atoms with E-state index in [0.717, 1.165) is 23.1 Å². The van der Waals surface area contributed by atoms with E-state index < -0.39 is 5.60 Å². The molecule has 0 aliphatic carbocycles. The molecule has 1 aromatic carbocycles. The van der Waals surface area contributed by atoms with Crippen molar-refractivity contribution in [3.8, 4) is 0 Å². The number of hydrogen-bond donors (Lipinski definition) is 2. The van der Waals surface area contributed by atoms with Crippen LogP contribution in [0.2, 0.25) is 0 Å². The highest BCUT2D eigenvalue weighted by molar-refractivity contribution is 9.10. The van der Waals surface area contributed by atoms with Crippen molar-refractivity contribution in [2.45, 2.75) is 32.8 Å². The van der Waals surface area contributed by atoms with Crippen molar-refractivity contribution in [1.29, 1.82) is 0 Å². The van der Waals surface area contributed by atoms with E-state index in [1.165, 1.54) is 5.56 Å². The first-order valence-electron chi connectivity index (χ1n) is 5.11. The molecule has 2 nitrogen and oxygen atoms in total. The fraction of sp³-hybridized carbons (Fsp3) is 0.500. The van der Waals surface area contributed by atoms with Crippen molar-refractivity contribution in [3.63, 3.8) is 0 Å². The van der Waals surface area contributed by atoms with Crippen LogP contribution in [0.3, 0.4) is 0 Å². The molecule has 0 saturated heterocycles. The van der Waals surface area contributed by atoms with Crippen LogP contribution in [0.5, 0.6) is 0 Å². The number of rotatable bonds is 4. The minimum absolute atomic E-state index is 0.600. The van der Waals surface area contributed by atoms with Crippen LogP contribution >= 0.6 is 15.9 Å². The predicted molar refractivity (Wildman–Crippen MR) is 68.3 cm³/mol. The minimum atomic E-state index is -0.600. The standard InChI is InChI=1S/C12H18BrNO/c1-9-8-10(4-5-11(9)13)14-7-6-12(2,3)15/h4-5,8,14-15H,6-7H2,1-3H3. The van der Waals surface area contributed by atoms with Gasteiger partial charge in [0, 0.05) is 16.7 Å². The average molecular weight is 272 g/mol. The van der Waals surface area contributed by atoms with Crippen molar-refractivity contribution < 1.29 is 5.11 Å². The van der Waals surface area contributed by atoms with E-state index in [-0.39, 0.29) is 0 Å². The molecule has 84 valence electrons. The Bertz CT molecular complexity index is 331. The van der Waals surface area contributed by atoms with Gasteiger partial charge in [-0.1, -0.05) is 15.9 Å². The van der Waals surface area contributed by atoms with Gasteiger partial charge in [-0.3, -0.25) is 0 Å². The zero-order chi connectivity index (χ0) is 11.5. The van der Waals surface area contributed by atoms with Crippen LogP contribution in [0.4, 0.5) is 5.69 Å². The van der Waals surface area contributed by atoms with Crippen LogP contribution in [-0.2, 0) is 0 Å². The van der Waals surface area contributed by atoms with Gasteiger partial charge in [0.25, 0.3) is 0 Å². The summed E-state index contributed by atoms with van der Waals surface area (Å²) < 4.78 is 1.12. The van der Waals surface area contributed by atoms with Gasteiger partial charge in [-0.25, -0.2) is 0 Å². The zero-order valence-electron chi connectivity index (χ0n) is 9.47. The van der Waals surface area contributed by atoms with Gasteiger partial charge in [-0.2, -0.15) is 0 Å². The molecular formula is C12H18BrNO. The predicted octanol–water partition coefficient (Wildman–Crippen LogP) is 3.33. The summed E-state index contributed by atoms with van der Waals surface area (Å²) in [6.45, 7) is 6.48. The molecule has 0 radical (unpaired) electrons. The summed E-state index contributed by atoms with van der Waals surface area (Å²) in [5.41, 5.74) is 1.71. The Morgan fingerprint density at radius 1 is 1.40 bits per heavy atom. The first-order chi connectivity index (χ1) is 6.88. The molecule has 0 bridgehead atoms. The Morgan fingerprint density at radius 3 is 2.60 bits per heavy atom. The smallest absolute Gasteiger partial charge is 0.0608 e. The van der Waals surface area contributed by atoms with Crippen molar-refractivity contribution >= 4 is 21.6 Å². The number of aryl methyl sites for hydroxylation is 1. The van der Waals surface area contributed by atoms with Crippen LogP contribution in [-0.4, -0.2) is 17.3 Å². The molecule has 0 fully saturated rings. The lowest BCUT2D eigenvalue weighted by atomic mass is 10.1. The topological polar surface area (TPSA) is 32.3 Å². The Kier molecular flexibility index (Phi) is 4.17. The van der Waals surface area contributed by atoms with Crippen LogP contribution < -0.4 is 5.32 Å². The monoisotopic (exact) mass is 271 g/mol. The van der Waals surface area contributed by atoms with Gasteiger partial charge in [0.2, 0.25) is 0 Å². The van der Waals surface area contributed by atoms with E-state index in [1.54, 1.807) is 0 Å². The van der Waals surface area contributed by atoms with Crippen molar-refractivity contribution in [1.82, 2.24) is 0 Å². The summed E-state index contributed by atoms with van der Waals surface area (Å²) in [4.78, 5) is 0. The lowest BCUT2D eigenvalue weighted by Crippen LogP contribution is -2.22. The second kappa shape index (κ2) is 4.99. The molecule has 15 heavy (non-hydrogen) atoms. The normalized spacial score (nSPS) is 11.5. The van der Waals surface area contributed by atoms with E-state index in [1.807, 2.05) is 26.0 Å². The summed E-state index contributed by atoms with van der Waals surface area (Å²) in [7, 11) is 0. The maximum absolute atomic E-state index is 9.55. The van der Waals surface area contributed by atoms with Gasteiger partial charge in [0.15, 0.2) is 0 Å². The molecule has 0 saturated carbocycles. The number of halogens is 1. The lowest BCUT2D eigenvalue weighted by Gasteiger charge is -2.17. The molecule has 0 aliphatic heterocycles. The highest BCUT2D eigenvalue weighted by Crippen LogP contribution is 2.20. The molecular weight excluding hydrogens is 254 g/mol. The fourth-order valence-corrected chi connectivity index (χ4v) is 1.51. The van der Waals surface area contributed by atoms with E-state index >= 15 is 0 Å². The lowest BCUT2D eigenvalue weighted by molar-refractivity contribution is 0.0749. The van der Waals surface area contributed by atoms with E-state index in [4.69, 9.17) is 0 Å². The largest absolute Gasteiger partial charge is 0.390 e. The first kappa shape index (κ1) is 12.5. The summed E-state index contributed by atoms with van der Waals surface area (Å²) in [6, 6.07) is 6.15. The zero-order valence-corrected chi connectivity index (χ0v) is 11.1. The van der Waals surface area contributed by atoms with Crippen LogP contribution in [0.1, 0.15) is 25.8 Å². The summed E-state index contributed by atoms with van der Waals surface area (Å²) in [6.07, 6.45) is 0.738. The SMILES string of the molecule is Cc1cc(NCCC(C)(C)O)ccc1Br. The molecule has 0 atom stereocenters. The molecule has 0 aromatic heterocycles. The summed E-state index contributed by atoms with van der Waals surface area (Å²) in [5.74, 6) is 0. The van der Waals surface area contributed by atoms with Gasteiger partial charge >= 0.3 is 0 Å². The number of benzene rings is 1. The molecule has 0 aliphatic rings. The van der Waals surface area contributed by atoms with Crippen molar-refractivity contribution in [2.75, 3.05) is 11.9 Å². The maximum atomic E-state index is 9.55. The Hall–Kier alpha value is -0.540. The second-order valence-corrected chi connectivity index (χ2v) is 5.31. The molecule has 1 rings (SSSR count). The average Bonchev–Trinajstić information content (AvgIpc) is 2.09. The highest BCUT2D eigenvalue weighted by atomic mass is 79.9. The third-order valence-electron chi connectivity index (χ3n) is 2.22. The molecule has 0 heterocycles. The molecule has 2 N–H and O–H groups in total. The minimum Gasteiger partial charge on any atom is -0.390 e. The van der Waals surface area contributed by atoms with Crippen LogP contribution in [0, 0.1) is 6.92 Å². The molecule has 0 amide bonds. The maximum Gasteiger partial charge on any atom is 0.0608 e. The van der Waals surface area contributed by atoms with Gasteiger partial charge in [0.05, 0.1) is 5.60 Å². The van der Waals surface area contributed by atoms with E-state index in [0.29, 0.717) is 0 Å². The Labute approximate surface area is 99.8 Å². The molecule has 0 spiro atoms. The summed E-state index contributed by atoms with van der Waals surface area (Å²) in [5, 5.41) is 12.8. The van der Waals surface area contributed by atoms with Crippen molar-refractivity contribution in [3.05, 3.63) is 28.2 Å². The van der Waals surface area contributed by atoms with E-state index in [2.05, 4.69) is 34.2 Å². The third-order valence-corrected chi connectivity index (χ3v) is 3.11. The summed E-state index contributed by atoms with van der Waals surface area (Å²) >= 11 is 3.46. The Balaban J connectivity index is 2.48. The van der Waals surface area contributed by atoms with Crippen LogP contribution in [0.15, 0.2) is 22.7 Å². The Morgan fingerprint density at radius 2 is 2.07 bits per heavy atom. The van der Waals surface area contributed by atoms with Crippen LogP contribution in [0.25, 0.3) is 0 Å². The quantitative estimate of drug-likeness (QED) is 0.881. The van der Waals surface area contributed by atoms with Gasteiger partial charge in [0.1, 0.15) is 0 Å². The molecule has 3 heteroatoms. The molecule has 1 aromatic rings. The number of nitrogens with one attached hydrogen (secondary N) is 1. The number of aliphatic hydroxyl groups is 1. The number of anilines is 1. The van der Waals surface area contributed by atoms with E-state index in [9.17, 15) is 5.11 Å². The third kappa shape index (κ3) is 4.67. The highest BCUT2D eigenvalue weighted by Gasteiger charge is 2.11. The first-order valence-corrected chi connectivity index (χ1v) is 5.90. The second-order valence-electron chi connectivity index (χ2n) is 4.45.